The second kappa shape index (κ2) is 10.3. The summed E-state index contributed by atoms with van der Waals surface area (Å²) in [7, 11) is 1.67. The van der Waals surface area contributed by atoms with Gasteiger partial charge in [-0.3, -0.25) is 19.0 Å². The van der Waals surface area contributed by atoms with E-state index in [4.69, 9.17) is 11.6 Å². The Hall–Kier alpha value is -4.20. The van der Waals surface area contributed by atoms with Crippen LogP contribution in [-0.2, 0) is 18.4 Å². The lowest BCUT2D eigenvalue weighted by Crippen LogP contribution is -2.55. The first kappa shape index (κ1) is 25.4. The smallest absolute Gasteiger partial charge is 0.274 e. The molecule has 4 aromatic rings. The predicted molar refractivity (Wildman–Crippen MR) is 144 cm³/mol. The Bertz CT molecular complexity index is 1620. The van der Waals surface area contributed by atoms with E-state index in [0.717, 1.165) is 5.56 Å². The Kier molecular flexibility index (Phi) is 6.89. The number of hydrogen-bond donors (Lipinski definition) is 1. The van der Waals surface area contributed by atoms with Crippen molar-refractivity contribution >= 4 is 34.4 Å². The number of piperazine rings is 1. The number of aliphatic hydroxyl groups excluding tert-OH is 1. The number of nitrogens with zero attached hydrogens (tertiary/aromatic N) is 7. The van der Waals surface area contributed by atoms with E-state index in [-0.39, 0.29) is 17.5 Å². The highest BCUT2D eigenvalue weighted by Crippen LogP contribution is 2.30. The van der Waals surface area contributed by atoms with Crippen molar-refractivity contribution in [1.82, 2.24) is 24.2 Å². The van der Waals surface area contributed by atoms with Crippen LogP contribution < -0.4 is 10.5 Å². The number of hydrogen-bond acceptors (Lipinski definition) is 7. The molecule has 1 aliphatic heterocycles. The third-order valence-electron chi connectivity index (χ3n) is 7.03. The van der Waals surface area contributed by atoms with Crippen molar-refractivity contribution in [3.8, 4) is 17.2 Å². The minimum atomic E-state index is -0.505. The monoisotopic (exact) mass is 531 g/mol. The van der Waals surface area contributed by atoms with Crippen LogP contribution in [0, 0.1) is 11.3 Å². The van der Waals surface area contributed by atoms with Crippen LogP contribution in [0.25, 0.3) is 22.0 Å². The molecule has 0 aliphatic carbocycles. The molecular weight excluding hydrogens is 506 g/mol. The number of carbonyl (C=O) groups is 1. The molecule has 1 unspecified atom stereocenters. The number of carbonyl (C=O) groups excluding carboxylic acids is 1. The van der Waals surface area contributed by atoms with Gasteiger partial charge in [-0.2, -0.15) is 5.26 Å². The molecule has 1 atom stereocenters. The Morgan fingerprint density at radius 2 is 1.92 bits per heavy atom. The van der Waals surface area contributed by atoms with E-state index >= 15 is 0 Å². The highest BCUT2D eigenvalue weighted by molar-refractivity contribution is 6.31. The zero-order valence-corrected chi connectivity index (χ0v) is 21.8. The van der Waals surface area contributed by atoms with Crippen molar-refractivity contribution < 1.29 is 9.90 Å². The summed E-state index contributed by atoms with van der Waals surface area (Å²) in [4.78, 5) is 37.6. The number of anilines is 1. The summed E-state index contributed by atoms with van der Waals surface area (Å²) in [6.07, 6.45) is 3.33. The molecule has 5 rings (SSSR count). The molecule has 0 saturated carbocycles. The number of rotatable bonds is 5. The van der Waals surface area contributed by atoms with E-state index in [0.29, 0.717) is 64.7 Å². The van der Waals surface area contributed by atoms with E-state index in [2.05, 4.69) is 16.0 Å². The zero-order chi connectivity index (χ0) is 27.0. The lowest BCUT2D eigenvalue weighted by molar-refractivity contribution is -0.136. The van der Waals surface area contributed by atoms with E-state index in [1.54, 1.807) is 47.2 Å². The molecule has 1 N–H and O–H groups in total. The van der Waals surface area contributed by atoms with Gasteiger partial charge in [0, 0.05) is 61.3 Å². The van der Waals surface area contributed by atoms with Gasteiger partial charge in [-0.1, -0.05) is 35.9 Å². The lowest BCUT2D eigenvalue weighted by atomic mass is 10.00. The largest absolute Gasteiger partial charge is 0.387 e. The van der Waals surface area contributed by atoms with E-state index in [1.807, 2.05) is 30.0 Å². The third-order valence-corrected chi connectivity index (χ3v) is 7.40. The molecule has 3 heterocycles. The first-order valence-electron chi connectivity index (χ1n) is 12.2. The Balaban J connectivity index is 1.50. The van der Waals surface area contributed by atoms with Gasteiger partial charge >= 0.3 is 0 Å². The number of fused-ring (bicyclic) bond motifs is 1. The van der Waals surface area contributed by atoms with Crippen molar-refractivity contribution in [2.24, 2.45) is 7.05 Å². The summed E-state index contributed by atoms with van der Waals surface area (Å²) < 4.78 is 3.27. The highest BCUT2D eigenvalue weighted by atomic mass is 35.5. The van der Waals surface area contributed by atoms with Gasteiger partial charge in [0.15, 0.2) is 0 Å². The van der Waals surface area contributed by atoms with Crippen LogP contribution >= 0.6 is 11.6 Å². The van der Waals surface area contributed by atoms with Gasteiger partial charge in [0.25, 0.3) is 5.56 Å². The van der Waals surface area contributed by atoms with Crippen LogP contribution in [0.3, 0.4) is 0 Å². The first-order chi connectivity index (χ1) is 18.3. The SMILES string of the molecule is CC1CN(c2ncc(-c3ccc4c(=O)n(C)n(Cc5ccccc5Cl)c4c3C#N)cn2)CCN1C(=O)CO. The molecule has 1 fully saturated rings. The topological polar surface area (TPSA) is 120 Å². The number of amides is 1. The van der Waals surface area contributed by atoms with Crippen molar-refractivity contribution in [3.05, 3.63) is 75.3 Å². The van der Waals surface area contributed by atoms with E-state index < -0.39 is 6.61 Å². The van der Waals surface area contributed by atoms with E-state index in [9.17, 15) is 20.0 Å². The van der Waals surface area contributed by atoms with Crippen LogP contribution in [0.5, 0.6) is 0 Å². The average molecular weight is 532 g/mol. The molecule has 0 spiro atoms. The molecule has 38 heavy (non-hydrogen) atoms. The van der Waals surface area contributed by atoms with Crippen LogP contribution in [0.1, 0.15) is 18.1 Å². The zero-order valence-electron chi connectivity index (χ0n) is 21.0. The molecule has 194 valence electrons. The van der Waals surface area contributed by atoms with Crippen LogP contribution in [0.2, 0.25) is 5.02 Å². The standard InChI is InChI=1S/C27H26ClN7O3/c1-17-14-33(9-10-34(17)24(37)16-36)27-30-12-19(13-31-27)20-7-8-21-25(22(20)11-29)35(32(2)26(21)38)15-18-5-3-4-6-23(18)28/h3-8,12-13,17,36H,9-10,14-16H2,1-2H3. The predicted octanol–water partition coefficient (Wildman–Crippen LogP) is 2.40. The van der Waals surface area contributed by atoms with Gasteiger partial charge in [0.1, 0.15) is 12.7 Å². The second-order valence-corrected chi connectivity index (χ2v) is 9.69. The number of nitriles is 1. The van der Waals surface area contributed by atoms with Crippen molar-refractivity contribution in [2.45, 2.75) is 19.5 Å². The van der Waals surface area contributed by atoms with Gasteiger partial charge in [-0.15, -0.1) is 0 Å². The molecule has 0 radical (unpaired) electrons. The van der Waals surface area contributed by atoms with Gasteiger partial charge in [-0.25, -0.2) is 9.97 Å². The average Bonchev–Trinajstić information content (AvgIpc) is 3.18. The summed E-state index contributed by atoms with van der Waals surface area (Å²) in [5.74, 6) is 0.230. The summed E-state index contributed by atoms with van der Waals surface area (Å²) in [6, 6.07) is 13.1. The third kappa shape index (κ3) is 4.40. The maximum atomic E-state index is 13.0. The maximum absolute atomic E-state index is 13.0. The summed E-state index contributed by atoms with van der Waals surface area (Å²) in [6.45, 7) is 3.30. The van der Waals surface area contributed by atoms with Gasteiger partial charge < -0.3 is 14.9 Å². The summed E-state index contributed by atoms with van der Waals surface area (Å²) in [5.41, 5.74) is 2.79. The summed E-state index contributed by atoms with van der Waals surface area (Å²) in [5, 5.41) is 20.4. The molecule has 10 nitrogen and oxygen atoms in total. The van der Waals surface area contributed by atoms with Crippen molar-refractivity contribution in [2.75, 3.05) is 31.1 Å². The Morgan fingerprint density at radius 3 is 2.58 bits per heavy atom. The molecule has 1 saturated heterocycles. The molecule has 2 aromatic heterocycles. The fraction of sp³-hybridized carbons (Fsp3) is 0.296. The lowest BCUT2D eigenvalue weighted by Gasteiger charge is -2.39. The fourth-order valence-electron chi connectivity index (χ4n) is 5.02. The number of aromatic nitrogens is 4. The Labute approximate surface area is 223 Å². The molecule has 11 heteroatoms. The number of benzene rings is 2. The number of halogens is 1. The van der Waals surface area contributed by atoms with Crippen molar-refractivity contribution in [1.29, 1.82) is 5.26 Å². The van der Waals surface area contributed by atoms with Crippen molar-refractivity contribution in [3.63, 3.8) is 0 Å². The molecular formula is C27H26ClN7O3. The molecule has 1 aliphatic rings. The summed E-state index contributed by atoms with van der Waals surface area (Å²) >= 11 is 6.39. The maximum Gasteiger partial charge on any atom is 0.274 e. The van der Waals surface area contributed by atoms with Crippen LogP contribution in [0.15, 0.2) is 53.6 Å². The molecule has 0 bridgehead atoms. The van der Waals surface area contributed by atoms with Gasteiger partial charge in [0.05, 0.1) is 23.0 Å². The Morgan fingerprint density at radius 1 is 1.18 bits per heavy atom. The molecule has 1 amide bonds. The van der Waals surface area contributed by atoms with Crippen LogP contribution in [-0.4, -0.2) is 67.5 Å². The van der Waals surface area contributed by atoms with Gasteiger partial charge in [-0.05, 0) is 24.6 Å². The normalized spacial score (nSPS) is 15.6. The number of aliphatic hydroxyl groups is 1. The van der Waals surface area contributed by atoms with E-state index in [1.165, 1.54) is 4.68 Å². The minimum absolute atomic E-state index is 0.0905. The molecule has 2 aromatic carbocycles. The van der Waals surface area contributed by atoms with Crippen LogP contribution in [0.4, 0.5) is 5.95 Å². The van der Waals surface area contributed by atoms with Gasteiger partial charge in [0.2, 0.25) is 11.9 Å². The highest BCUT2D eigenvalue weighted by Gasteiger charge is 2.28. The quantitative estimate of drug-likeness (QED) is 0.420. The second-order valence-electron chi connectivity index (χ2n) is 9.29. The first-order valence-corrected chi connectivity index (χ1v) is 12.6. The fourth-order valence-corrected chi connectivity index (χ4v) is 5.21. The minimum Gasteiger partial charge on any atom is -0.387 e.